The van der Waals surface area contributed by atoms with Gasteiger partial charge in [-0.15, -0.1) is 0 Å². The molecule has 0 aromatic rings. The lowest BCUT2D eigenvalue weighted by molar-refractivity contribution is -0.131. The van der Waals surface area contributed by atoms with Gasteiger partial charge in [0, 0.05) is 21.5 Å². The van der Waals surface area contributed by atoms with Gasteiger partial charge in [0.15, 0.2) is 0 Å². The summed E-state index contributed by atoms with van der Waals surface area (Å²) >= 11 is 7.66. The minimum Gasteiger partial charge on any atom is -0.299 e. The molecule has 2 aliphatic carbocycles. The van der Waals surface area contributed by atoms with Crippen LogP contribution >= 0.6 is 31.9 Å². The van der Waals surface area contributed by atoms with Gasteiger partial charge in [-0.3, -0.25) is 4.79 Å². The zero-order chi connectivity index (χ0) is 16.5. The minimum absolute atomic E-state index is 0.211. The van der Waals surface area contributed by atoms with E-state index in [-0.39, 0.29) is 11.8 Å². The summed E-state index contributed by atoms with van der Waals surface area (Å²) in [6.45, 7) is 9.29. The van der Waals surface area contributed by atoms with Gasteiger partial charge in [0.2, 0.25) is 0 Å². The van der Waals surface area contributed by atoms with Crippen molar-refractivity contribution in [2.45, 2.75) is 88.7 Å². The van der Waals surface area contributed by atoms with Gasteiger partial charge in [-0.2, -0.15) is 0 Å². The van der Waals surface area contributed by atoms with Crippen LogP contribution in [-0.2, 0) is 4.79 Å². The summed E-state index contributed by atoms with van der Waals surface area (Å²) in [7, 11) is 0. The van der Waals surface area contributed by atoms with Crippen LogP contribution in [0.3, 0.4) is 0 Å². The van der Waals surface area contributed by atoms with E-state index < -0.39 is 0 Å². The molecule has 0 bridgehead atoms. The van der Waals surface area contributed by atoms with E-state index in [1.165, 1.54) is 25.7 Å². The van der Waals surface area contributed by atoms with Crippen molar-refractivity contribution in [2.24, 2.45) is 22.7 Å². The number of halogens is 2. The van der Waals surface area contributed by atoms with Crippen molar-refractivity contribution in [3.63, 3.8) is 0 Å². The van der Waals surface area contributed by atoms with Crippen LogP contribution in [0.5, 0.6) is 0 Å². The first-order valence-electron chi connectivity index (χ1n) is 9.05. The molecule has 0 radical (unpaired) electrons. The molecule has 2 saturated carbocycles. The van der Waals surface area contributed by atoms with Crippen LogP contribution in [-0.4, -0.2) is 15.4 Å². The topological polar surface area (TPSA) is 17.1 Å². The van der Waals surface area contributed by atoms with Gasteiger partial charge >= 0.3 is 0 Å². The minimum atomic E-state index is 0.211. The third-order valence-corrected chi connectivity index (χ3v) is 8.98. The Balaban J connectivity index is 2.14. The highest BCUT2D eigenvalue weighted by Gasteiger charge is 2.45. The Labute approximate surface area is 153 Å². The lowest BCUT2D eigenvalue weighted by atomic mass is 9.63. The van der Waals surface area contributed by atoms with E-state index in [1.807, 2.05) is 0 Å². The van der Waals surface area contributed by atoms with Crippen molar-refractivity contribution in [1.82, 2.24) is 0 Å². The average Bonchev–Trinajstić information content (AvgIpc) is 2.52. The van der Waals surface area contributed by atoms with E-state index in [4.69, 9.17) is 0 Å². The monoisotopic (exact) mass is 434 g/mol. The third-order valence-electron chi connectivity index (χ3n) is 6.78. The summed E-state index contributed by atoms with van der Waals surface area (Å²) < 4.78 is 0. The first kappa shape index (κ1) is 19.0. The molecular weight excluding hydrogens is 404 g/mol. The number of hydrogen-bond acceptors (Lipinski definition) is 1. The highest BCUT2D eigenvalue weighted by molar-refractivity contribution is 9.09. The molecular formula is C19H32Br2O. The van der Waals surface area contributed by atoms with E-state index in [1.54, 1.807) is 0 Å². The Bertz CT molecular complexity index is 374. The second kappa shape index (κ2) is 7.25. The molecule has 0 saturated heterocycles. The number of alkyl halides is 2. The molecule has 0 aliphatic heterocycles. The summed E-state index contributed by atoms with van der Waals surface area (Å²) in [5.41, 5.74) is 0.713. The summed E-state index contributed by atoms with van der Waals surface area (Å²) in [4.78, 5) is 14.1. The molecule has 0 aromatic carbocycles. The molecule has 0 N–H and O–H groups in total. The maximum atomic E-state index is 13.3. The van der Waals surface area contributed by atoms with Crippen molar-refractivity contribution in [2.75, 3.05) is 0 Å². The predicted octanol–water partition coefficient (Wildman–Crippen LogP) is 6.52. The van der Waals surface area contributed by atoms with Crippen LogP contribution in [0.25, 0.3) is 0 Å². The number of carbonyl (C=O) groups excluding carboxylic acids is 1. The molecule has 128 valence electrons. The predicted molar refractivity (Wildman–Crippen MR) is 102 cm³/mol. The first-order valence-corrected chi connectivity index (χ1v) is 10.9. The van der Waals surface area contributed by atoms with E-state index in [2.05, 4.69) is 59.6 Å². The van der Waals surface area contributed by atoms with Crippen molar-refractivity contribution in [3.8, 4) is 0 Å². The molecule has 2 rings (SSSR count). The number of hydrogen-bond donors (Lipinski definition) is 0. The molecule has 0 aromatic heterocycles. The van der Waals surface area contributed by atoms with Crippen molar-refractivity contribution in [1.29, 1.82) is 0 Å². The van der Waals surface area contributed by atoms with E-state index in [0.29, 0.717) is 26.3 Å². The molecule has 0 amide bonds. The zero-order valence-corrected chi connectivity index (χ0v) is 17.8. The maximum absolute atomic E-state index is 13.3. The number of Topliss-reactive ketones (excluding diaryl/α,β-unsaturated/α-hetero) is 1. The Kier molecular flexibility index (Phi) is 6.25. The quantitative estimate of drug-likeness (QED) is 0.459. The number of carbonyl (C=O) groups is 1. The molecule has 22 heavy (non-hydrogen) atoms. The van der Waals surface area contributed by atoms with Crippen molar-refractivity contribution < 1.29 is 4.79 Å². The SMILES string of the molecule is CCC1(C)CCC(Br)C(C(=O)C2CC(C)(CC)CCC2Br)C1. The van der Waals surface area contributed by atoms with Gasteiger partial charge in [-0.1, -0.05) is 72.4 Å². The van der Waals surface area contributed by atoms with Crippen LogP contribution in [0, 0.1) is 22.7 Å². The van der Waals surface area contributed by atoms with Crippen LogP contribution in [0.1, 0.15) is 79.1 Å². The van der Waals surface area contributed by atoms with E-state index in [0.717, 1.165) is 25.7 Å². The Morgan fingerprint density at radius 2 is 1.27 bits per heavy atom. The fourth-order valence-corrected chi connectivity index (χ4v) is 5.72. The standard InChI is InChI=1S/C19H32Br2O/c1-5-18(3)9-7-15(20)13(11-18)17(22)14-12-19(4,6-2)10-8-16(14)21/h13-16H,5-12H2,1-4H3. The normalized spacial score (nSPS) is 46.5. The Hall–Kier alpha value is 0.630. The summed E-state index contributed by atoms with van der Waals surface area (Å²) in [5, 5.41) is 0. The van der Waals surface area contributed by atoms with Crippen LogP contribution in [0.4, 0.5) is 0 Å². The number of ketones is 1. The largest absolute Gasteiger partial charge is 0.299 e. The second-order valence-electron chi connectivity index (χ2n) is 8.46. The molecule has 1 nitrogen and oxygen atoms in total. The average molecular weight is 436 g/mol. The lowest BCUT2D eigenvalue weighted by Crippen LogP contribution is -2.44. The Morgan fingerprint density at radius 3 is 1.59 bits per heavy atom. The van der Waals surface area contributed by atoms with E-state index >= 15 is 0 Å². The zero-order valence-electron chi connectivity index (χ0n) is 14.6. The molecule has 0 heterocycles. The van der Waals surface area contributed by atoms with Gasteiger partial charge in [-0.25, -0.2) is 0 Å². The van der Waals surface area contributed by atoms with Gasteiger partial charge < -0.3 is 0 Å². The smallest absolute Gasteiger partial charge is 0.141 e. The molecule has 3 heteroatoms. The number of rotatable bonds is 4. The van der Waals surface area contributed by atoms with Crippen molar-refractivity contribution >= 4 is 37.6 Å². The fourth-order valence-electron chi connectivity index (χ4n) is 4.37. The fraction of sp³-hybridized carbons (Fsp3) is 0.947. The van der Waals surface area contributed by atoms with Crippen LogP contribution in [0.15, 0.2) is 0 Å². The van der Waals surface area contributed by atoms with Gasteiger partial charge in [0.1, 0.15) is 5.78 Å². The molecule has 2 fully saturated rings. The van der Waals surface area contributed by atoms with Gasteiger partial charge in [0.25, 0.3) is 0 Å². The van der Waals surface area contributed by atoms with Crippen molar-refractivity contribution in [3.05, 3.63) is 0 Å². The summed E-state index contributed by atoms with van der Waals surface area (Å²) in [5.74, 6) is 0.952. The highest BCUT2D eigenvalue weighted by Crippen LogP contribution is 2.49. The summed E-state index contributed by atoms with van der Waals surface area (Å²) in [6.07, 6.45) is 9.29. The third kappa shape index (κ3) is 3.99. The summed E-state index contributed by atoms with van der Waals surface area (Å²) in [6, 6.07) is 0. The molecule has 6 unspecified atom stereocenters. The van der Waals surface area contributed by atoms with Gasteiger partial charge in [-0.05, 0) is 49.4 Å². The maximum Gasteiger partial charge on any atom is 0.141 e. The lowest BCUT2D eigenvalue weighted by Gasteiger charge is -2.44. The van der Waals surface area contributed by atoms with Crippen LogP contribution in [0.2, 0.25) is 0 Å². The molecule has 0 spiro atoms. The Morgan fingerprint density at radius 1 is 0.909 bits per heavy atom. The van der Waals surface area contributed by atoms with E-state index in [9.17, 15) is 4.79 Å². The first-order chi connectivity index (χ1) is 10.2. The van der Waals surface area contributed by atoms with Gasteiger partial charge in [0.05, 0.1) is 0 Å². The second-order valence-corrected chi connectivity index (χ2v) is 10.8. The molecule has 2 aliphatic rings. The molecule has 6 atom stereocenters. The van der Waals surface area contributed by atoms with Crippen LogP contribution < -0.4 is 0 Å². The highest BCUT2D eigenvalue weighted by atomic mass is 79.9.